The normalized spacial score (nSPS) is 10.1. The second kappa shape index (κ2) is 12.4. The Morgan fingerprint density at radius 1 is 0.966 bits per heavy atom. The van der Waals surface area contributed by atoms with E-state index in [1.165, 1.54) is 38.1 Å². The van der Waals surface area contributed by atoms with Gasteiger partial charge in [0.05, 0.1) is 0 Å². The van der Waals surface area contributed by atoms with Crippen LogP contribution < -0.4 is 0 Å². The molecular weight excluding hydrogens is 404 g/mol. The first kappa shape index (κ1) is 29.9. The Balaban J connectivity index is 0. The Morgan fingerprint density at radius 2 is 1.48 bits per heavy atom. The van der Waals surface area contributed by atoms with Gasteiger partial charge in [0.2, 0.25) is 0 Å². The van der Waals surface area contributed by atoms with Crippen molar-refractivity contribution in [1.82, 2.24) is 4.57 Å². The van der Waals surface area contributed by atoms with Gasteiger partial charge >= 0.3 is 21.7 Å². The summed E-state index contributed by atoms with van der Waals surface area (Å²) < 4.78 is 2.30. The molecule has 0 spiro atoms. The van der Waals surface area contributed by atoms with E-state index in [9.17, 15) is 0 Å². The molecule has 0 saturated carbocycles. The molecule has 29 heavy (non-hydrogen) atoms. The number of aromatic nitrogens is 1. The fourth-order valence-corrected chi connectivity index (χ4v) is 3.03. The van der Waals surface area contributed by atoms with Gasteiger partial charge in [-0.25, -0.2) is 0 Å². The summed E-state index contributed by atoms with van der Waals surface area (Å²) in [7, 11) is 3.24. The predicted molar refractivity (Wildman–Crippen MR) is 133 cm³/mol. The standard InChI is InChI=1S/C17H14N.C4H10N.C2H6Si.2CH3.Ti/c1-11-7-8-15-14(9-11)17-13-6-4-3-5-12(13)10-16(17)18(15)2;1-4(2,3)5;1-3-2;;;/h3-10H,1-2H3;5H,1-3H3;1-2H3;2*1H3;/q2*-1;;2*-1;+4. The van der Waals surface area contributed by atoms with E-state index in [-0.39, 0.29) is 42.1 Å². The number of hydrogen-bond donors (Lipinski definition) is 0. The molecule has 2 radical (unpaired) electrons. The predicted octanol–water partition coefficient (Wildman–Crippen LogP) is 8.03. The number of fused-ring (bicyclic) bond motifs is 5. The van der Waals surface area contributed by atoms with Crippen LogP contribution in [0.3, 0.4) is 0 Å². The molecule has 154 valence electrons. The van der Waals surface area contributed by atoms with Crippen LogP contribution in [0.2, 0.25) is 13.1 Å². The number of benzene rings is 2. The van der Waals surface area contributed by atoms with Crippen LogP contribution in [0.4, 0.5) is 0 Å². The molecule has 0 atom stereocenters. The largest absolute Gasteiger partial charge is 4.00 e. The molecule has 1 heterocycles. The summed E-state index contributed by atoms with van der Waals surface area (Å²) in [5.74, 6) is 0. The van der Waals surface area contributed by atoms with E-state index in [4.69, 9.17) is 5.73 Å². The van der Waals surface area contributed by atoms with Gasteiger partial charge in [-0.2, -0.15) is 0 Å². The molecular formula is C25H36N2SiTi. The van der Waals surface area contributed by atoms with Gasteiger partial charge in [-0.1, -0.05) is 63.0 Å². The van der Waals surface area contributed by atoms with Crippen LogP contribution in [0, 0.1) is 21.8 Å². The summed E-state index contributed by atoms with van der Waals surface area (Å²) in [5, 5.41) is 5.46. The molecule has 4 rings (SSSR count). The van der Waals surface area contributed by atoms with Crippen LogP contribution >= 0.6 is 0 Å². The monoisotopic (exact) mass is 440 g/mol. The van der Waals surface area contributed by atoms with E-state index in [0.29, 0.717) is 0 Å². The van der Waals surface area contributed by atoms with Crippen molar-refractivity contribution in [2.75, 3.05) is 0 Å². The van der Waals surface area contributed by atoms with Crippen LogP contribution in [0.15, 0.2) is 48.5 Å². The molecule has 0 bridgehead atoms. The maximum Gasteiger partial charge on any atom is 4.00 e. The summed E-state index contributed by atoms with van der Waals surface area (Å²) in [6, 6.07) is 17.6. The molecule has 4 aromatic rings. The third-order valence-corrected chi connectivity index (χ3v) is 3.92. The molecule has 0 unspecified atom stereocenters. The molecule has 2 nitrogen and oxygen atoms in total. The molecule has 3 aromatic carbocycles. The molecule has 0 amide bonds. The second-order valence-electron chi connectivity index (χ2n) is 7.82. The third-order valence-electron chi connectivity index (χ3n) is 3.92. The minimum absolute atomic E-state index is 0. The van der Waals surface area contributed by atoms with E-state index >= 15 is 0 Å². The Morgan fingerprint density at radius 3 is 2.03 bits per heavy atom. The van der Waals surface area contributed by atoms with Crippen molar-refractivity contribution in [1.29, 1.82) is 0 Å². The first-order chi connectivity index (χ1) is 12.2. The average Bonchev–Trinajstić information content (AvgIpc) is 3.03. The van der Waals surface area contributed by atoms with Gasteiger partial charge in [-0.15, -0.1) is 40.6 Å². The maximum atomic E-state index is 6.94. The van der Waals surface area contributed by atoms with E-state index in [1.54, 1.807) is 0 Å². The topological polar surface area (TPSA) is 28.7 Å². The molecule has 0 aliphatic carbocycles. The van der Waals surface area contributed by atoms with Crippen molar-refractivity contribution in [3.63, 3.8) is 0 Å². The summed E-state index contributed by atoms with van der Waals surface area (Å²) in [6.07, 6.45) is 0. The van der Waals surface area contributed by atoms with Crippen molar-refractivity contribution >= 4 is 42.1 Å². The summed E-state index contributed by atoms with van der Waals surface area (Å²) in [6.45, 7) is 12.0. The molecule has 0 aliphatic heterocycles. The number of nitrogens with one attached hydrogen (secondary N) is 1. The minimum Gasteiger partial charge on any atom is -0.673 e. The van der Waals surface area contributed by atoms with Crippen molar-refractivity contribution in [3.8, 4) is 0 Å². The zero-order chi connectivity index (χ0) is 19.5. The van der Waals surface area contributed by atoms with Crippen LogP contribution in [-0.2, 0) is 28.8 Å². The fourth-order valence-electron chi connectivity index (χ4n) is 3.03. The summed E-state index contributed by atoms with van der Waals surface area (Å²) in [5.41, 5.74) is 10.7. The molecule has 0 aliphatic rings. The van der Waals surface area contributed by atoms with Gasteiger partial charge in [-0.05, 0) is 23.9 Å². The summed E-state index contributed by atoms with van der Waals surface area (Å²) in [4.78, 5) is 0. The van der Waals surface area contributed by atoms with Crippen LogP contribution in [0.25, 0.3) is 38.3 Å². The van der Waals surface area contributed by atoms with Gasteiger partial charge in [0.1, 0.15) is 0 Å². The van der Waals surface area contributed by atoms with Crippen molar-refractivity contribution < 1.29 is 21.7 Å². The second-order valence-corrected chi connectivity index (χ2v) is 8.82. The first-order valence-corrected chi connectivity index (χ1v) is 11.0. The van der Waals surface area contributed by atoms with E-state index in [0.717, 1.165) is 9.52 Å². The minimum atomic E-state index is -0.250. The molecule has 4 heteroatoms. The molecule has 0 saturated heterocycles. The number of aryl methyl sites for hydroxylation is 2. The van der Waals surface area contributed by atoms with E-state index in [1.807, 2.05) is 20.8 Å². The Hall–Kier alpha value is -1.26. The zero-order valence-corrected chi connectivity index (χ0v) is 22.1. The van der Waals surface area contributed by atoms with Gasteiger partial charge in [0, 0.05) is 22.1 Å². The molecule has 0 fully saturated rings. The van der Waals surface area contributed by atoms with E-state index in [2.05, 4.69) is 80.2 Å². The smallest absolute Gasteiger partial charge is 0.673 e. The average molecular weight is 441 g/mol. The zero-order valence-electron chi connectivity index (χ0n) is 19.6. The number of hydrogen-bond acceptors (Lipinski definition) is 0. The molecule has 1 aromatic heterocycles. The van der Waals surface area contributed by atoms with Crippen molar-refractivity contribution in [3.05, 3.63) is 74.7 Å². The van der Waals surface area contributed by atoms with Crippen LogP contribution in [-0.4, -0.2) is 19.6 Å². The van der Waals surface area contributed by atoms with E-state index < -0.39 is 0 Å². The third kappa shape index (κ3) is 7.49. The Kier molecular flexibility index (Phi) is 12.8. The Labute approximate surface area is 195 Å². The summed E-state index contributed by atoms with van der Waals surface area (Å²) >= 11 is 0. The SMILES string of the molecule is CC(C)(C)[NH-].C[Si]C.Cc1ccc2c(c1)c1c3ccccc3[cH-]c1n2C.[CH3-].[CH3-].[Ti+4]. The van der Waals surface area contributed by atoms with Crippen molar-refractivity contribution in [2.45, 2.75) is 46.3 Å². The Bertz CT molecular complexity index is 1000. The van der Waals surface area contributed by atoms with Gasteiger partial charge in [0.25, 0.3) is 0 Å². The van der Waals surface area contributed by atoms with Gasteiger partial charge in [0.15, 0.2) is 0 Å². The quantitative estimate of drug-likeness (QED) is 0.196. The number of rotatable bonds is 0. The van der Waals surface area contributed by atoms with Crippen LogP contribution in [0.1, 0.15) is 26.3 Å². The first-order valence-electron chi connectivity index (χ1n) is 9.04. The van der Waals surface area contributed by atoms with Crippen LogP contribution in [0.5, 0.6) is 0 Å². The maximum absolute atomic E-state index is 6.94. The van der Waals surface area contributed by atoms with Gasteiger partial charge < -0.3 is 25.2 Å². The number of nitrogens with zero attached hydrogens (tertiary/aromatic N) is 1. The fraction of sp³-hybridized carbons (Fsp3) is 0.320. The van der Waals surface area contributed by atoms with Gasteiger partial charge in [-0.3, -0.25) is 0 Å². The molecule has 1 N–H and O–H groups in total. The van der Waals surface area contributed by atoms with Crippen molar-refractivity contribution in [2.24, 2.45) is 7.05 Å².